The van der Waals surface area contributed by atoms with Gasteiger partial charge in [0.25, 0.3) is 5.91 Å². The molecule has 0 spiro atoms. The molecule has 0 aromatic carbocycles. The lowest BCUT2D eigenvalue weighted by Gasteiger charge is -2.29. The number of rotatable bonds is 11. The molecular weight excluding hydrogens is 498 g/mol. The summed E-state index contributed by atoms with van der Waals surface area (Å²) in [4.78, 5) is 39.3. The van der Waals surface area contributed by atoms with E-state index in [1.54, 1.807) is 26.8 Å². The summed E-state index contributed by atoms with van der Waals surface area (Å²) >= 11 is 0. The molecule has 0 aromatic rings. The van der Waals surface area contributed by atoms with Gasteiger partial charge >= 0.3 is 6.09 Å². The Morgan fingerprint density at radius 2 is 1.74 bits per heavy atom. The molecule has 1 fully saturated rings. The number of methoxy groups -OCH3 is 1. The van der Waals surface area contributed by atoms with E-state index in [-0.39, 0.29) is 37.9 Å². The highest BCUT2D eigenvalue weighted by Gasteiger charge is 2.38. The number of nitrogens with zero attached hydrogens (tertiary/aromatic N) is 1. The molecule has 12 heteroatoms. The van der Waals surface area contributed by atoms with Gasteiger partial charge in [-0.05, 0) is 45.4 Å². The number of aliphatic hydroxyl groups excluding tert-OH is 4. The van der Waals surface area contributed by atoms with Gasteiger partial charge in [0.1, 0.15) is 30.0 Å². The Labute approximate surface area is 225 Å². The monoisotopic (exact) mass is 545 g/mol. The number of carbonyl (C=O) groups excluding carboxylic acids is 3. The summed E-state index contributed by atoms with van der Waals surface area (Å²) in [5.74, 6) is -1.27. The van der Waals surface area contributed by atoms with Crippen molar-refractivity contribution in [1.29, 1.82) is 0 Å². The van der Waals surface area contributed by atoms with Crippen LogP contribution >= 0.6 is 0 Å². The van der Waals surface area contributed by atoms with Gasteiger partial charge in [0.15, 0.2) is 6.10 Å². The standard InChI is InChI=1S/C26H47N3O9/c1-25(2,3)12-11-18(31)19(32)20(33)21(37-7)22(34)28-17-10-9-16(30)15-29(23(17)35)14-8-13-27-24(36)38-26(4,5)6/h11-12,16-21,30-33H,8-10,13-15H2,1-7H3,(H,27,36)(H,28,34)/b12-11+/t16-,17-,18+,19-,20+,21+/m0/s1. The van der Waals surface area contributed by atoms with E-state index in [2.05, 4.69) is 10.6 Å². The second kappa shape index (κ2) is 14.8. The SMILES string of the molecule is CO[C@@H](C(=O)N[C@H]1CC[C@H](O)CN(CCCNC(=O)OC(C)(C)C)C1=O)[C@H](O)[C@@H](O)[C@H](O)/C=C/C(C)(C)C. The first-order valence-electron chi connectivity index (χ1n) is 13.0. The van der Waals surface area contributed by atoms with Crippen LogP contribution in [0.5, 0.6) is 0 Å². The van der Waals surface area contributed by atoms with Crippen LogP contribution in [-0.4, -0.2) is 112 Å². The zero-order valence-corrected chi connectivity index (χ0v) is 23.6. The minimum Gasteiger partial charge on any atom is -0.444 e. The Kier molecular flexibility index (Phi) is 13.1. The third-order valence-corrected chi connectivity index (χ3v) is 5.73. The molecular formula is C26H47N3O9. The van der Waals surface area contributed by atoms with Crippen molar-refractivity contribution in [3.8, 4) is 0 Å². The maximum atomic E-state index is 13.1. The number of nitrogens with one attached hydrogen (secondary N) is 2. The zero-order valence-electron chi connectivity index (χ0n) is 23.6. The Bertz CT molecular complexity index is 807. The van der Waals surface area contributed by atoms with Crippen molar-refractivity contribution in [3.63, 3.8) is 0 Å². The van der Waals surface area contributed by atoms with Crippen LogP contribution < -0.4 is 10.6 Å². The molecule has 0 saturated carbocycles. The van der Waals surface area contributed by atoms with Crippen LogP contribution in [0.4, 0.5) is 4.79 Å². The van der Waals surface area contributed by atoms with Crippen LogP contribution in [0, 0.1) is 5.41 Å². The van der Waals surface area contributed by atoms with Crippen LogP contribution in [-0.2, 0) is 19.1 Å². The molecule has 0 bridgehead atoms. The average molecular weight is 546 g/mol. The number of hydrogen-bond donors (Lipinski definition) is 6. The summed E-state index contributed by atoms with van der Waals surface area (Å²) in [6.45, 7) is 11.5. The number of ether oxygens (including phenoxy) is 2. The molecule has 0 unspecified atom stereocenters. The number of carbonyl (C=O) groups is 3. The maximum Gasteiger partial charge on any atom is 0.407 e. The predicted molar refractivity (Wildman–Crippen MR) is 140 cm³/mol. The topological polar surface area (TPSA) is 178 Å². The van der Waals surface area contributed by atoms with Crippen LogP contribution in [0.2, 0.25) is 0 Å². The number of β-amino-alcohol motifs (C(OH)–C–C–N with tert-alkyl or cyclic N) is 1. The summed E-state index contributed by atoms with van der Waals surface area (Å²) in [7, 11) is 1.17. The van der Waals surface area contributed by atoms with Gasteiger partial charge in [-0.3, -0.25) is 9.59 Å². The van der Waals surface area contributed by atoms with Gasteiger partial charge in [-0.2, -0.15) is 0 Å². The van der Waals surface area contributed by atoms with E-state index < -0.39 is 60.1 Å². The highest BCUT2D eigenvalue weighted by molar-refractivity contribution is 5.90. The minimum atomic E-state index is -1.78. The summed E-state index contributed by atoms with van der Waals surface area (Å²) in [5, 5.41) is 46.6. The molecule has 3 amide bonds. The fourth-order valence-corrected chi connectivity index (χ4v) is 3.79. The summed E-state index contributed by atoms with van der Waals surface area (Å²) < 4.78 is 10.3. The summed E-state index contributed by atoms with van der Waals surface area (Å²) in [6, 6.07) is -0.994. The van der Waals surface area contributed by atoms with Crippen LogP contribution in [0.3, 0.4) is 0 Å². The molecule has 0 radical (unpaired) electrons. The van der Waals surface area contributed by atoms with Gasteiger partial charge in [-0.25, -0.2) is 4.79 Å². The third-order valence-electron chi connectivity index (χ3n) is 5.73. The van der Waals surface area contributed by atoms with Crippen LogP contribution in [0.1, 0.15) is 60.8 Å². The normalized spacial score (nSPS) is 22.4. The minimum absolute atomic E-state index is 0.0684. The van der Waals surface area contributed by atoms with Crippen molar-refractivity contribution in [1.82, 2.24) is 15.5 Å². The van der Waals surface area contributed by atoms with E-state index in [0.29, 0.717) is 6.42 Å². The highest BCUT2D eigenvalue weighted by Crippen LogP contribution is 2.18. The van der Waals surface area contributed by atoms with E-state index in [4.69, 9.17) is 9.47 Å². The fraction of sp³-hybridized carbons (Fsp3) is 0.808. The molecule has 1 heterocycles. The molecule has 1 aliphatic rings. The molecule has 0 aliphatic carbocycles. The Morgan fingerprint density at radius 3 is 2.29 bits per heavy atom. The predicted octanol–water partition coefficient (Wildman–Crippen LogP) is 0.0693. The maximum absolute atomic E-state index is 13.1. The Balaban J connectivity index is 2.78. The number of amides is 3. The second-order valence-electron chi connectivity index (χ2n) is 11.7. The third kappa shape index (κ3) is 12.1. The van der Waals surface area contributed by atoms with Gasteiger partial charge in [0.2, 0.25) is 5.91 Å². The molecule has 12 nitrogen and oxygen atoms in total. The van der Waals surface area contributed by atoms with Crippen LogP contribution in [0.25, 0.3) is 0 Å². The lowest BCUT2D eigenvalue weighted by atomic mass is 9.94. The van der Waals surface area contributed by atoms with Crippen molar-refractivity contribution in [2.45, 2.75) is 103 Å². The molecule has 1 rings (SSSR count). The lowest BCUT2D eigenvalue weighted by molar-refractivity contribution is -0.151. The smallest absolute Gasteiger partial charge is 0.407 e. The highest BCUT2D eigenvalue weighted by atomic mass is 16.6. The first kappa shape index (κ1) is 33.8. The molecule has 220 valence electrons. The van der Waals surface area contributed by atoms with Gasteiger partial charge < -0.3 is 45.4 Å². The lowest BCUT2D eigenvalue weighted by Crippen LogP contribution is -2.56. The zero-order chi connectivity index (χ0) is 29.3. The second-order valence-corrected chi connectivity index (χ2v) is 11.7. The van der Waals surface area contributed by atoms with E-state index in [1.807, 2.05) is 20.8 Å². The Morgan fingerprint density at radius 1 is 1.11 bits per heavy atom. The van der Waals surface area contributed by atoms with E-state index >= 15 is 0 Å². The quantitative estimate of drug-likeness (QED) is 0.155. The van der Waals surface area contributed by atoms with Gasteiger partial charge in [-0.1, -0.05) is 32.9 Å². The van der Waals surface area contributed by atoms with Gasteiger partial charge in [0.05, 0.1) is 6.10 Å². The fourth-order valence-electron chi connectivity index (χ4n) is 3.79. The van der Waals surface area contributed by atoms with Crippen molar-refractivity contribution in [2.24, 2.45) is 5.41 Å². The molecule has 38 heavy (non-hydrogen) atoms. The molecule has 1 saturated heterocycles. The molecule has 6 atom stereocenters. The first-order valence-corrected chi connectivity index (χ1v) is 13.0. The van der Waals surface area contributed by atoms with Crippen LogP contribution in [0.15, 0.2) is 12.2 Å². The number of likely N-dealkylation sites (tertiary alicyclic amines) is 1. The van der Waals surface area contributed by atoms with E-state index in [9.17, 15) is 34.8 Å². The first-order chi connectivity index (χ1) is 17.4. The number of aliphatic hydroxyl groups is 4. The molecule has 6 N–H and O–H groups in total. The average Bonchev–Trinajstić information content (AvgIpc) is 2.92. The van der Waals surface area contributed by atoms with Crippen molar-refractivity contribution in [3.05, 3.63) is 12.2 Å². The van der Waals surface area contributed by atoms with Crippen molar-refractivity contribution < 1.29 is 44.3 Å². The summed E-state index contributed by atoms with van der Waals surface area (Å²) in [5.41, 5.74) is -0.906. The largest absolute Gasteiger partial charge is 0.444 e. The van der Waals surface area contributed by atoms with Crippen molar-refractivity contribution in [2.75, 3.05) is 26.7 Å². The number of hydrogen-bond acceptors (Lipinski definition) is 9. The molecule has 0 aromatic heterocycles. The Hall–Kier alpha value is -2.25. The summed E-state index contributed by atoms with van der Waals surface area (Å²) in [6.07, 6.45) is -4.07. The van der Waals surface area contributed by atoms with Gasteiger partial charge in [0, 0.05) is 26.7 Å². The van der Waals surface area contributed by atoms with Gasteiger partial charge in [-0.15, -0.1) is 0 Å². The number of alkyl carbamates (subject to hydrolysis) is 1. The number of allylic oxidation sites excluding steroid dienone is 1. The van der Waals surface area contributed by atoms with Crippen molar-refractivity contribution >= 4 is 17.9 Å². The van der Waals surface area contributed by atoms with E-state index in [1.165, 1.54) is 18.1 Å². The van der Waals surface area contributed by atoms with E-state index in [0.717, 1.165) is 0 Å². The molecule has 1 aliphatic heterocycles.